The summed E-state index contributed by atoms with van der Waals surface area (Å²) in [5, 5.41) is 7.38. The molecule has 0 aliphatic rings. The zero-order valence-electron chi connectivity index (χ0n) is 17.8. The Hall–Kier alpha value is -3.21. The molecule has 2 N–H and O–H groups in total. The van der Waals surface area contributed by atoms with Gasteiger partial charge in [-0.05, 0) is 38.0 Å². The topological polar surface area (TPSA) is 136 Å². The van der Waals surface area contributed by atoms with Gasteiger partial charge in [-0.25, -0.2) is 13.2 Å². The first-order valence-electron chi connectivity index (χ1n) is 9.67. The summed E-state index contributed by atoms with van der Waals surface area (Å²) in [5.74, 6) is -3.14. The number of carbonyl (C=O) groups is 3. The molecule has 0 saturated carbocycles. The molecule has 1 atom stereocenters. The minimum atomic E-state index is -4.13. The molecule has 2 aromatic rings. The minimum Gasteiger partial charge on any atom is -0.462 e. The van der Waals surface area contributed by atoms with Crippen LogP contribution in [0.5, 0.6) is 0 Å². The molecular weight excluding hydrogens is 424 g/mol. The number of aromatic nitrogens is 2. The molecule has 2 rings (SSSR count). The van der Waals surface area contributed by atoms with Crippen molar-refractivity contribution in [2.24, 2.45) is 7.05 Å². The number of esters is 1. The fraction of sp³-hybridized carbons (Fsp3) is 0.400. The second-order valence-corrected chi connectivity index (χ2v) is 9.05. The van der Waals surface area contributed by atoms with E-state index in [4.69, 9.17) is 4.74 Å². The Kier molecular flexibility index (Phi) is 7.92. The number of nitrogens with one attached hydrogen (secondary N) is 2. The molecule has 1 aromatic heterocycles. The van der Waals surface area contributed by atoms with Crippen LogP contribution in [0, 0.1) is 6.92 Å². The van der Waals surface area contributed by atoms with Crippen molar-refractivity contribution >= 4 is 39.1 Å². The molecule has 2 amide bonds. The van der Waals surface area contributed by atoms with Gasteiger partial charge >= 0.3 is 5.97 Å². The SMILES string of the molecule is CCOC(=O)c1cnn(C)c1NC(=O)C(CC)S(=O)(=O)CC(=O)Nc1cccc(C)c1. The van der Waals surface area contributed by atoms with E-state index in [1.165, 1.54) is 24.9 Å². The molecule has 0 spiro atoms. The number of carbonyl (C=O) groups excluding carboxylic acids is 3. The second-order valence-electron chi connectivity index (χ2n) is 6.86. The Labute approximate surface area is 180 Å². The van der Waals surface area contributed by atoms with Crippen LogP contribution in [-0.2, 0) is 31.2 Å². The number of anilines is 2. The van der Waals surface area contributed by atoms with Gasteiger partial charge in [0.2, 0.25) is 11.8 Å². The molecular formula is C20H26N4O6S. The Morgan fingerprint density at radius 1 is 1.19 bits per heavy atom. The first-order valence-corrected chi connectivity index (χ1v) is 11.4. The van der Waals surface area contributed by atoms with E-state index in [1.54, 1.807) is 25.1 Å². The van der Waals surface area contributed by atoms with Crippen molar-refractivity contribution in [2.45, 2.75) is 32.4 Å². The van der Waals surface area contributed by atoms with Crippen LogP contribution < -0.4 is 10.6 Å². The van der Waals surface area contributed by atoms with E-state index in [1.807, 2.05) is 13.0 Å². The number of hydrogen-bond acceptors (Lipinski definition) is 7. The molecule has 168 valence electrons. The van der Waals surface area contributed by atoms with Crippen molar-refractivity contribution in [3.05, 3.63) is 41.6 Å². The minimum absolute atomic E-state index is 0.00198. The van der Waals surface area contributed by atoms with E-state index in [-0.39, 0.29) is 24.4 Å². The number of sulfone groups is 1. The van der Waals surface area contributed by atoms with Crippen molar-refractivity contribution < 1.29 is 27.5 Å². The predicted octanol–water partition coefficient (Wildman–Crippen LogP) is 1.68. The Balaban J connectivity index is 2.15. The number of ether oxygens (including phenoxy) is 1. The maximum Gasteiger partial charge on any atom is 0.343 e. The third kappa shape index (κ3) is 6.14. The summed E-state index contributed by atoms with van der Waals surface area (Å²) in [5.41, 5.74) is 1.37. The van der Waals surface area contributed by atoms with Gasteiger partial charge in [-0.2, -0.15) is 5.10 Å². The first kappa shape index (κ1) is 24.1. The lowest BCUT2D eigenvalue weighted by atomic mass is 10.2. The van der Waals surface area contributed by atoms with E-state index in [0.717, 1.165) is 5.56 Å². The highest BCUT2D eigenvalue weighted by Crippen LogP contribution is 2.18. The fourth-order valence-corrected chi connectivity index (χ4v) is 4.48. The summed E-state index contributed by atoms with van der Waals surface area (Å²) in [6, 6.07) is 6.91. The number of benzene rings is 1. The van der Waals surface area contributed by atoms with E-state index < -0.39 is 38.6 Å². The van der Waals surface area contributed by atoms with Crippen molar-refractivity contribution in [3.8, 4) is 0 Å². The number of nitrogens with zero attached hydrogens (tertiary/aromatic N) is 2. The molecule has 0 aliphatic heterocycles. The summed E-state index contributed by atoms with van der Waals surface area (Å²) >= 11 is 0. The summed E-state index contributed by atoms with van der Waals surface area (Å²) < 4.78 is 31.7. The molecule has 0 saturated heterocycles. The number of hydrogen-bond donors (Lipinski definition) is 2. The molecule has 0 fully saturated rings. The Morgan fingerprint density at radius 2 is 1.90 bits per heavy atom. The first-order chi connectivity index (χ1) is 14.6. The van der Waals surface area contributed by atoms with E-state index in [9.17, 15) is 22.8 Å². The fourth-order valence-electron chi connectivity index (χ4n) is 2.95. The van der Waals surface area contributed by atoms with Crippen molar-refractivity contribution in [2.75, 3.05) is 23.0 Å². The van der Waals surface area contributed by atoms with Gasteiger partial charge in [0, 0.05) is 12.7 Å². The summed E-state index contributed by atoms with van der Waals surface area (Å²) in [6.45, 7) is 5.12. The van der Waals surface area contributed by atoms with E-state index in [2.05, 4.69) is 15.7 Å². The molecule has 1 heterocycles. The third-order valence-corrected chi connectivity index (χ3v) is 6.49. The van der Waals surface area contributed by atoms with Gasteiger partial charge in [0.15, 0.2) is 9.84 Å². The summed E-state index contributed by atoms with van der Waals surface area (Å²) in [4.78, 5) is 37.1. The highest BCUT2D eigenvalue weighted by molar-refractivity contribution is 7.93. The lowest BCUT2D eigenvalue weighted by Crippen LogP contribution is -2.39. The highest BCUT2D eigenvalue weighted by Gasteiger charge is 2.34. The molecule has 1 unspecified atom stereocenters. The van der Waals surface area contributed by atoms with Crippen molar-refractivity contribution in [1.29, 1.82) is 0 Å². The summed E-state index contributed by atoms with van der Waals surface area (Å²) in [6.07, 6.45) is 1.16. The Morgan fingerprint density at radius 3 is 2.52 bits per heavy atom. The maximum absolute atomic E-state index is 12.8. The van der Waals surface area contributed by atoms with Crippen LogP contribution in [0.1, 0.15) is 36.2 Å². The predicted molar refractivity (Wildman–Crippen MR) is 115 cm³/mol. The third-order valence-electron chi connectivity index (χ3n) is 4.41. The standard InChI is InChI=1S/C20H26N4O6S/c1-5-16(19(26)23-18-15(11-21-24(18)4)20(27)30-6-2)31(28,29)12-17(25)22-14-9-7-8-13(3)10-14/h7-11,16H,5-6,12H2,1-4H3,(H,22,25)(H,23,26). The second kappa shape index (κ2) is 10.2. The molecule has 0 aliphatic carbocycles. The largest absolute Gasteiger partial charge is 0.462 e. The van der Waals surface area contributed by atoms with Crippen LogP contribution in [0.2, 0.25) is 0 Å². The van der Waals surface area contributed by atoms with Gasteiger partial charge in [-0.15, -0.1) is 0 Å². The smallest absolute Gasteiger partial charge is 0.343 e. The van der Waals surface area contributed by atoms with Crippen LogP contribution in [0.25, 0.3) is 0 Å². The van der Waals surface area contributed by atoms with Gasteiger partial charge in [-0.1, -0.05) is 19.1 Å². The zero-order chi connectivity index (χ0) is 23.2. The van der Waals surface area contributed by atoms with Crippen LogP contribution in [-0.4, -0.2) is 53.6 Å². The van der Waals surface area contributed by atoms with Gasteiger partial charge in [0.1, 0.15) is 22.4 Å². The van der Waals surface area contributed by atoms with E-state index >= 15 is 0 Å². The number of rotatable bonds is 9. The number of aryl methyl sites for hydroxylation is 2. The average Bonchev–Trinajstić information content (AvgIpc) is 3.02. The molecule has 31 heavy (non-hydrogen) atoms. The molecule has 1 aromatic carbocycles. The van der Waals surface area contributed by atoms with Crippen LogP contribution >= 0.6 is 0 Å². The van der Waals surface area contributed by atoms with Crippen LogP contribution in [0.4, 0.5) is 11.5 Å². The van der Waals surface area contributed by atoms with Gasteiger partial charge < -0.3 is 15.4 Å². The summed E-state index contributed by atoms with van der Waals surface area (Å²) in [7, 11) is -2.64. The molecule has 11 heteroatoms. The lowest BCUT2D eigenvalue weighted by molar-refractivity contribution is -0.115. The lowest BCUT2D eigenvalue weighted by Gasteiger charge is -2.16. The normalized spacial score (nSPS) is 12.1. The molecule has 0 bridgehead atoms. The monoisotopic (exact) mass is 450 g/mol. The van der Waals surface area contributed by atoms with Crippen molar-refractivity contribution in [1.82, 2.24) is 9.78 Å². The van der Waals surface area contributed by atoms with Gasteiger partial charge in [-0.3, -0.25) is 14.3 Å². The maximum atomic E-state index is 12.8. The van der Waals surface area contributed by atoms with Crippen molar-refractivity contribution in [3.63, 3.8) is 0 Å². The average molecular weight is 451 g/mol. The van der Waals surface area contributed by atoms with Crippen LogP contribution in [0.15, 0.2) is 30.5 Å². The number of amides is 2. The van der Waals surface area contributed by atoms with E-state index in [0.29, 0.717) is 5.69 Å². The molecule has 0 radical (unpaired) electrons. The quantitative estimate of drug-likeness (QED) is 0.555. The van der Waals surface area contributed by atoms with Gasteiger partial charge in [0.05, 0.1) is 12.8 Å². The van der Waals surface area contributed by atoms with Crippen LogP contribution in [0.3, 0.4) is 0 Å². The molecule has 10 nitrogen and oxygen atoms in total. The van der Waals surface area contributed by atoms with Gasteiger partial charge in [0.25, 0.3) is 0 Å². The highest BCUT2D eigenvalue weighted by atomic mass is 32.2. The Bertz CT molecular complexity index is 1080. The zero-order valence-corrected chi connectivity index (χ0v) is 18.7.